The lowest BCUT2D eigenvalue weighted by Crippen LogP contribution is -2.30. The van der Waals surface area contributed by atoms with Gasteiger partial charge in [0.25, 0.3) is 0 Å². The first-order valence-electron chi connectivity index (χ1n) is 33.7. The second kappa shape index (κ2) is 66.8. The maximum absolute atomic E-state index is 12.9. The van der Waals surface area contributed by atoms with Crippen molar-refractivity contribution < 1.29 is 28.6 Å². The topological polar surface area (TPSA) is 78.9 Å². The molecule has 0 bridgehead atoms. The summed E-state index contributed by atoms with van der Waals surface area (Å²) in [5.41, 5.74) is 0. The van der Waals surface area contributed by atoms with Crippen molar-refractivity contribution in [2.75, 3.05) is 13.2 Å². The summed E-state index contributed by atoms with van der Waals surface area (Å²) in [5.74, 6) is -0.882. The van der Waals surface area contributed by atoms with Crippen LogP contribution in [0.25, 0.3) is 0 Å². The first kappa shape index (κ1) is 75.3. The quantitative estimate of drug-likeness (QED) is 0.0261. The van der Waals surface area contributed by atoms with Gasteiger partial charge < -0.3 is 14.2 Å². The lowest BCUT2D eigenvalue weighted by atomic mass is 10.0. The highest BCUT2D eigenvalue weighted by Gasteiger charge is 2.19. The molecule has 0 radical (unpaired) electrons. The van der Waals surface area contributed by atoms with Crippen LogP contribution in [0.15, 0.2) is 97.2 Å². The minimum Gasteiger partial charge on any atom is -0.462 e. The van der Waals surface area contributed by atoms with Gasteiger partial charge in [-0.1, -0.05) is 311 Å². The number of hydrogen-bond acceptors (Lipinski definition) is 6. The fourth-order valence-corrected chi connectivity index (χ4v) is 9.60. The van der Waals surface area contributed by atoms with Crippen molar-refractivity contribution in [1.82, 2.24) is 0 Å². The minimum atomic E-state index is -0.784. The Labute approximate surface area is 489 Å². The fraction of sp³-hybridized carbons (Fsp3) is 0.740. The van der Waals surface area contributed by atoms with E-state index < -0.39 is 6.10 Å². The van der Waals surface area contributed by atoms with E-state index >= 15 is 0 Å². The average Bonchev–Trinajstić information content (AvgIpc) is 3.45. The van der Waals surface area contributed by atoms with Crippen LogP contribution in [-0.4, -0.2) is 37.2 Å². The molecule has 0 heterocycles. The Kier molecular flexibility index (Phi) is 63.7. The smallest absolute Gasteiger partial charge is 0.306 e. The van der Waals surface area contributed by atoms with Gasteiger partial charge in [0.05, 0.1) is 0 Å². The van der Waals surface area contributed by atoms with Gasteiger partial charge in [0, 0.05) is 19.3 Å². The zero-order valence-corrected chi connectivity index (χ0v) is 52.1. The van der Waals surface area contributed by atoms with Crippen molar-refractivity contribution in [1.29, 1.82) is 0 Å². The Hall–Kier alpha value is -3.67. The summed E-state index contributed by atoms with van der Waals surface area (Å²) in [5, 5.41) is 0. The van der Waals surface area contributed by atoms with Crippen LogP contribution < -0.4 is 0 Å². The molecule has 1 atom stereocenters. The second-order valence-electron chi connectivity index (χ2n) is 22.3. The van der Waals surface area contributed by atoms with Crippen LogP contribution in [0, 0.1) is 0 Å². The summed E-state index contributed by atoms with van der Waals surface area (Å²) in [6, 6.07) is 0. The molecule has 454 valence electrons. The number of esters is 3. The largest absolute Gasteiger partial charge is 0.462 e. The van der Waals surface area contributed by atoms with Crippen molar-refractivity contribution in [3.05, 3.63) is 97.2 Å². The summed E-state index contributed by atoms with van der Waals surface area (Å²) in [6.07, 6.45) is 90.1. The number of ether oxygens (including phenoxy) is 3. The summed E-state index contributed by atoms with van der Waals surface area (Å²) in [4.78, 5) is 38.3. The van der Waals surface area contributed by atoms with Gasteiger partial charge in [-0.25, -0.2) is 0 Å². The monoisotopic (exact) mass is 1100 g/mol. The predicted molar refractivity (Wildman–Crippen MR) is 344 cm³/mol. The molecular formula is C73H126O6. The van der Waals surface area contributed by atoms with Crippen LogP contribution in [0.2, 0.25) is 0 Å². The molecule has 6 nitrogen and oxygen atoms in total. The van der Waals surface area contributed by atoms with Crippen LogP contribution in [0.3, 0.4) is 0 Å². The Morgan fingerprint density at radius 2 is 0.494 bits per heavy atom. The first-order valence-corrected chi connectivity index (χ1v) is 33.7. The van der Waals surface area contributed by atoms with Crippen molar-refractivity contribution in [2.45, 2.75) is 335 Å². The highest BCUT2D eigenvalue weighted by atomic mass is 16.6. The van der Waals surface area contributed by atoms with Crippen molar-refractivity contribution >= 4 is 17.9 Å². The van der Waals surface area contributed by atoms with E-state index in [1.807, 2.05) is 0 Å². The van der Waals surface area contributed by atoms with Crippen LogP contribution in [0.4, 0.5) is 0 Å². The predicted octanol–water partition coefficient (Wildman–Crippen LogP) is 23.2. The molecule has 79 heavy (non-hydrogen) atoms. The van der Waals surface area contributed by atoms with Gasteiger partial charge in [-0.2, -0.15) is 0 Å². The molecule has 0 aliphatic carbocycles. The highest BCUT2D eigenvalue weighted by molar-refractivity contribution is 5.71. The van der Waals surface area contributed by atoms with Crippen LogP contribution in [-0.2, 0) is 28.6 Å². The van der Waals surface area contributed by atoms with Gasteiger partial charge in [-0.15, -0.1) is 0 Å². The molecule has 0 aliphatic rings. The zero-order chi connectivity index (χ0) is 57.1. The molecule has 0 aromatic heterocycles. The molecule has 0 aliphatic heterocycles. The normalized spacial score (nSPS) is 12.7. The molecule has 0 saturated carbocycles. The van der Waals surface area contributed by atoms with Gasteiger partial charge in [-0.05, 0) is 96.3 Å². The van der Waals surface area contributed by atoms with Gasteiger partial charge in [0.2, 0.25) is 0 Å². The first-order chi connectivity index (χ1) is 39.0. The zero-order valence-electron chi connectivity index (χ0n) is 52.1. The SMILES string of the molecule is CC/C=C\C/C=C\C/C=C\C/C=C\C/C=C\CCCCCCCCCCCCCCCCCCCC(=O)OCC(COC(=O)CCCCCCCCCCCCCCC)OC(=O)CCCCCCC/C=C\C/C=C\C/C=C\CC. The standard InChI is InChI=1S/C73H126O6/c1-4-7-10-13-16-19-22-25-27-28-29-30-31-32-33-34-35-36-37-38-39-40-41-42-43-44-46-48-51-54-57-60-63-66-72(75)78-69-70(68-77-71(74)65-62-59-56-53-50-47-24-21-18-15-12-9-6-3)79-73(76)67-64-61-58-55-52-49-45-26-23-20-17-14-11-8-5-2/h7-8,10-11,16-17,19-20,25-27,29-30,32-33,45,70H,4-6,9,12-15,18,21-24,28,31,34-44,46-69H2,1-3H3/b10-7-,11-8-,19-16-,20-17-,27-25-,30-29-,33-32-,45-26-. The lowest BCUT2D eigenvalue weighted by molar-refractivity contribution is -0.167. The number of hydrogen-bond donors (Lipinski definition) is 0. The van der Waals surface area contributed by atoms with Crippen LogP contribution in [0.5, 0.6) is 0 Å². The number of allylic oxidation sites excluding steroid dienone is 16. The van der Waals surface area contributed by atoms with E-state index in [9.17, 15) is 14.4 Å². The van der Waals surface area contributed by atoms with E-state index in [1.165, 1.54) is 161 Å². The van der Waals surface area contributed by atoms with Gasteiger partial charge >= 0.3 is 17.9 Å². The lowest BCUT2D eigenvalue weighted by Gasteiger charge is -2.18. The highest BCUT2D eigenvalue weighted by Crippen LogP contribution is 2.17. The summed E-state index contributed by atoms with van der Waals surface area (Å²) < 4.78 is 16.9. The third kappa shape index (κ3) is 65.0. The van der Waals surface area contributed by atoms with Crippen molar-refractivity contribution in [3.8, 4) is 0 Å². The Morgan fingerprint density at radius 3 is 0.772 bits per heavy atom. The maximum Gasteiger partial charge on any atom is 0.306 e. The minimum absolute atomic E-state index is 0.0795. The number of rotatable bonds is 61. The third-order valence-electron chi connectivity index (χ3n) is 14.6. The molecule has 0 amide bonds. The van der Waals surface area contributed by atoms with E-state index in [-0.39, 0.29) is 31.1 Å². The van der Waals surface area contributed by atoms with E-state index in [4.69, 9.17) is 14.2 Å². The molecule has 6 heteroatoms. The molecule has 0 fully saturated rings. The molecule has 0 spiro atoms. The summed E-state index contributed by atoms with van der Waals surface area (Å²) >= 11 is 0. The number of carbonyl (C=O) groups is 3. The van der Waals surface area contributed by atoms with Gasteiger partial charge in [0.1, 0.15) is 13.2 Å². The second-order valence-corrected chi connectivity index (χ2v) is 22.3. The molecule has 0 saturated heterocycles. The van der Waals surface area contributed by atoms with E-state index in [2.05, 4.69) is 118 Å². The van der Waals surface area contributed by atoms with Gasteiger partial charge in [-0.3, -0.25) is 14.4 Å². The molecule has 0 rings (SSSR count). The third-order valence-corrected chi connectivity index (χ3v) is 14.6. The van der Waals surface area contributed by atoms with Crippen LogP contribution >= 0.6 is 0 Å². The maximum atomic E-state index is 12.9. The molecule has 0 N–H and O–H groups in total. The van der Waals surface area contributed by atoms with Crippen molar-refractivity contribution in [3.63, 3.8) is 0 Å². The average molecular weight is 1100 g/mol. The van der Waals surface area contributed by atoms with Crippen LogP contribution in [0.1, 0.15) is 329 Å². The number of carbonyl (C=O) groups excluding carboxylic acids is 3. The van der Waals surface area contributed by atoms with E-state index in [0.717, 1.165) is 128 Å². The fourth-order valence-electron chi connectivity index (χ4n) is 9.60. The molecule has 1 unspecified atom stereocenters. The molecular weight excluding hydrogens is 973 g/mol. The Morgan fingerprint density at radius 1 is 0.266 bits per heavy atom. The van der Waals surface area contributed by atoms with Crippen molar-refractivity contribution in [2.24, 2.45) is 0 Å². The summed E-state index contributed by atoms with van der Waals surface area (Å²) in [7, 11) is 0. The summed E-state index contributed by atoms with van der Waals surface area (Å²) in [6.45, 7) is 6.43. The Bertz CT molecular complexity index is 1540. The molecule has 0 aromatic rings. The van der Waals surface area contributed by atoms with Gasteiger partial charge in [0.15, 0.2) is 6.10 Å². The van der Waals surface area contributed by atoms with E-state index in [1.54, 1.807) is 0 Å². The number of unbranched alkanes of at least 4 members (excludes halogenated alkanes) is 34. The molecule has 0 aromatic carbocycles. The van der Waals surface area contributed by atoms with E-state index in [0.29, 0.717) is 19.3 Å². The Balaban J connectivity index is 4.15.